The van der Waals surface area contributed by atoms with Crippen LogP contribution in [0.5, 0.6) is 0 Å². The number of imidazole rings is 1. The third-order valence-electron chi connectivity index (χ3n) is 11.4. The number of hydrogen-bond acceptors (Lipinski definition) is 6. The summed E-state index contributed by atoms with van der Waals surface area (Å²) < 4.78 is 63.5. The Hall–Kier alpha value is -5.99. The van der Waals surface area contributed by atoms with Gasteiger partial charge in [-0.1, -0.05) is 109 Å². The molecule has 0 amide bonds. The molecule has 0 atom stereocenters. The minimum atomic E-state index is -2.75. The molecule has 0 saturated carbocycles. The first-order chi connectivity index (χ1) is 32.2. The first-order valence-electron chi connectivity index (χ1n) is 23.9. The van der Waals surface area contributed by atoms with E-state index in [0.717, 1.165) is 50.2 Å². The van der Waals surface area contributed by atoms with Gasteiger partial charge in [-0.25, -0.2) is 0 Å². The fraction of sp³-hybridized carbons (Fsp3) is 0.222. The van der Waals surface area contributed by atoms with Gasteiger partial charge in [0.05, 0.1) is 41.6 Å². The predicted octanol–water partition coefficient (Wildman–Crippen LogP) is 13.9. The predicted molar refractivity (Wildman–Crippen MR) is 257 cm³/mol. The zero-order chi connectivity index (χ0) is 48.4. The van der Waals surface area contributed by atoms with E-state index in [2.05, 4.69) is 116 Å². The molecule has 10 rings (SSSR count). The fourth-order valence-corrected chi connectivity index (χ4v) is 9.13. The Morgan fingerprint density at radius 1 is 0.714 bits per heavy atom. The van der Waals surface area contributed by atoms with Crippen molar-refractivity contribution in [3.05, 3.63) is 156 Å². The van der Waals surface area contributed by atoms with Crippen LogP contribution in [0.4, 0.5) is 0 Å². The van der Waals surface area contributed by atoms with Crippen molar-refractivity contribution in [3.8, 4) is 39.5 Å². The number of furan rings is 2. The third-order valence-corrected chi connectivity index (χ3v) is 13.4. The number of benzene rings is 4. The Balaban J connectivity index is 0.000000320. The van der Waals surface area contributed by atoms with Crippen molar-refractivity contribution >= 4 is 57.4 Å². The van der Waals surface area contributed by atoms with E-state index in [1.54, 1.807) is 6.92 Å². The maximum Gasteiger partial charge on any atom is 0.169 e. The molecular formula is C54H51IrN5O2Si-2. The Morgan fingerprint density at radius 3 is 2.08 bits per heavy atom. The van der Waals surface area contributed by atoms with Crippen molar-refractivity contribution in [2.75, 3.05) is 0 Å². The van der Waals surface area contributed by atoms with E-state index < -0.39 is 27.5 Å². The van der Waals surface area contributed by atoms with E-state index in [0.29, 0.717) is 28.1 Å². The van der Waals surface area contributed by atoms with E-state index in [9.17, 15) is 0 Å². The van der Waals surface area contributed by atoms with Crippen LogP contribution in [0.3, 0.4) is 0 Å². The van der Waals surface area contributed by atoms with Crippen LogP contribution in [0.25, 0.3) is 83.6 Å². The van der Waals surface area contributed by atoms with E-state index in [4.69, 9.17) is 22.0 Å². The van der Waals surface area contributed by atoms with Crippen molar-refractivity contribution in [1.29, 1.82) is 0 Å². The van der Waals surface area contributed by atoms with Gasteiger partial charge in [0.1, 0.15) is 5.58 Å². The second kappa shape index (κ2) is 17.3. The number of nitrogens with zero attached hydrogens (tertiary/aromatic N) is 5. The molecule has 4 aromatic carbocycles. The summed E-state index contributed by atoms with van der Waals surface area (Å²) >= 11 is 0. The zero-order valence-corrected chi connectivity index (χ0v) is 39.9. The van der Waals surface area contributed by atoms with Crippen molar-refractivity contribution in [2.24, 2.45) is 0 Å². The van der Waals surface area contributed by atoms with E-state index in [-0.39, 0.29) is 59.8 Å². The van der Waals surface area contributed by atoms with Gasteiger partial charge in [0.25, 0.3) is 0 Å². The summed E-state index contributed by atoms with van der Waals surface area (Å²) in [6, 6.07) is 39.5. The summed E-state index contributed by atoms with van der Waals surface area (Å²) in [5.41, 5.74) is 10.3. The molecule has 10 aromatic rings. The smallest absolute Gasteiger partial charge is 0.169 e. The molecule has 319 valence electrons. The van der Waals surface area contributed by atoms with E-state index >= 15 is 0 Å². The quantitative estimate of drug-likeness (QED) is 0.117. The monoisotopic (exact) mass is 1030 g/mol. The van der Waals surface area contributed by atoms with E-state index in [1.807, 2.05) is 72.9 Å². The second-order valence-corrected chi connectivity index (χ2v) is 22.5. The first kappa shape index (κ1) is 36.5. The van der Waals surface area contributed by atoms with Crippen molar-refractivity contribution in [1.82, 2.24) is 24.5 Å². The minimum Gasteiger partial charge on any atom is -0.496 e. The van der Waals surface area contributed by atoms with Crippen LogP contribution in [0.1, 0.15) is 76.0 Å². The minimum absolute atomic E-state index is 0. The molecule has 0 bridgehead atoms. The number of aryl methyl sites for hydroxylation is 3. The Bertz CT molecular complexity index is 3450. The normalized spacial score (nSPS) is 13.6. The molecule has 9 heteroatoms. The van der Waals surface area contributed by atoms with Crippen LogP contribution in [-0.4, -0.2) is 32.6 Å². The molecule has 0 aliphatic heterocycles. The molecule has 0 spiro atoms. The van der Waals surface area contributed by atoms with Gasteiger partial charge in [0.15, 0.2) is 11.2 Å². The van der Waals surface area contributed by atoms with Crippen molar-refractivity contribution < 1.29 is 37.2 Å². The molecule has 0 unspecified atom stereocenters. The van der Waals surface area contributed by atoms with Crippen LogP contribution in [0.15, 0.2) is 124 Å². The molecule has 0 N–H and O–H groups in total. The number of hydrogen-bond donors (Lipinski definition) is 0. The number of pyridine rings is 3. The fourth-order valence-electron chi connectivity index (χ4n) is 8.10. The Labute approximate surface area is 392 Å². The maximum atomic E-state index is 8.26. The average Bonchev–Trinajstić information content (AvgIpc) is 3.99. The molecule has 7 nitrogen and oxygen atoms in total. The average molecular weight is 1030 g/mol. The number of aromatic nitrogens is 5. The molecule has 6 aromatic heterocycles. The third kappa shape index (κ3) is 8.10. The molecular weight excluding hydrogens is 971 g/mol. The van der Waals surface area contributed by atoms with Gasteiger partial charge >= 0.3 is 0 Å². The number of fused-ring (bicyclic) bond motifs is 6. The standard InChI is InChI=1S/C40H35N4O2.C14H16NSi.Ir/c1-21(2)28-18-27(26-13-9-8-10-14-26)19-29(22(3)4)36(28)44-32-16-12-11-15-31(32)43-40(44)30-20-41-24(6)35-37(30)46-38-34-25(7)42-23(5)17-33(34)45-39(35)38;1-16(2,3)13-9-10-14(15-11-13)12-7-5-4-6-8-12;/h8-19,21-22H,1-7H3;4-7,9-11H,1-3H3;/q2*-1;/i5D3,7D3;;. The molecule has 6 heterocycles. The SMILES string of the molecule is C[Si](C)(C)c1ccc(-c2[c-]cccc2)nc1.[2H]C([2H])([2H])c1cc2oc3c(oc4c(-c5nc6ccccc6n5-c5c(C(C)C)cc(-c6ccccc6)cc5C(C)C)[c-]nc(C)c43)c2c(C([2H])([2H])[2H])n1.[Ir]. The van der Waals surface area contributed by atoms with Gasteiger partial charge in [0, 0.05) is 57.4 Å². The summed E-state index contributed by atoms with van der Waals surface area (Å²) in [5, 5.41) is 2.00. The molecule has 1 radical (unpaired) electrons. The van der Waals surface area contributed by atoms with Gasteiger partial charge in [-0.2, -0.15) is 0 Å². The van der Waals surface area contributed by atoms with Gasteiger partial charge in [-0.3, -0.25) is 9.97 Å². The molecule has 0 aliphatic carbocycles. The van der Waals surface area contributed by atoms with Crippen LogP contribution in [0.2, 0.25) is 19.6 Å². The first-order valence-corrected chi connectivity index (χ1v) is 24.4. The Morgan fingerprint density at radius 2 is 1.43 bits per heavy atom. The largest absolute Gasteiger partial charge is 0.496 e. The summed E-state index contributed by atoms with van der Waals surface area (Å²) in [6.45, 7) is 12.1. The van der Waals surface area contributed by atoms with Crippen LogP contribution in [0, 0.1) is 32.9 Å². The van der Waals surface area contributed by atoms with Crippen LogP contribution in [-0.2, 0) is 20.1 Å². The molecule has 0 fully saturated rings. The van der Waals surface area contributed by atoms with Crippen molar-refractivity contribution in [3.63, 3.8) is 0 Å². The van der Waals surface area contributed by atoms with Gasteiger partial charge in [0.2, 0.25) is 0 Å². The van der Waals surface area contributed by atoms with Crippen LogP contribution >= 0.6 is 0 Å². The number of para-hydroxylation sites is 2. The van der Waals surface area contributed by atoms with Gasteiger partial charge in [-0.05, 0) is 100 Å². The van der Waals surface area contributed by atoms with Gasteiger partial charge < -0.3 is 23.4 Å². The summed E-state index contributed by atoms with van der Waals surface area (Å²) in [4.78, 5) is 18.5. The van der Waals surface area contributed by atoms with Crippen molar-refractivity contribution in [2.45, 2.75) is 79.8 Å². The number of rotatable bonds is 7. The molecule has 0 saturated heterocycles. The van der Waals surface area contributed by atoms with E-state index in [1.165, 1.54) is 11.3 Å². The topological polar surface area (TPSA) is 82.8 Å². The summed E-state index contributed by atoms with van der Waals surface area (Å²) in [7, 11) is -1.23. The maximum absolute atomic E-state index is 8.26. The Kier molecular flexibility index (Phi) is 10.0. The summed E-state index contributed by atoms with van der Waals surface area (Å²) in [6.07, 6.45) is 5.22. The van der Waals surface area contributed by atoms with Gasteiger partial charge in [-0.15, -0.1) is 35.9 Å². The molecule has 0 aliphatic rings. The second-order valence-electron chi connectivity index (χ2n) is 17.4. The zero-order valence-electron chi connectivity index (χ0n) is 42.5. The molecule has 63 heavy (non-hydrogen) atoms. The van der Waals surface area contributed by atoms with Crippen LogP contribution < -0.4 is 5.19 Å². The summed E-state index contributed by atoms with van der Waals surface area (Å²) in [5.74, 6) is 0.843.